The van der Waals surface area contributed by atoms with Crippen molar-refractivity contribution in [2.75, 3.05) is 13.7 Å². The highest BCUT2D eigenvalue weighted by atomic mass is 16.5. The van der Waals surface area contributed by atoms with Crippen LogP contribution in [0, 0.1) is 0 Å². The molecule has 84 valence electrons. The number of rotatable bonds is 4. The van der Waals surface area contributed by atoms with Crippen molar-refractivity contribution in [2.45, 2.75) is 6.42 Å². The van der Waals surface area contributed by atoms with E-state index in [9.17, 15) is 0 Å². The summed E-state index contributed by atoms with van der Waals surface area (Å²) in [6, 6.07) is 12.1. The summed E-state index contributed by atoms with van der Waals surface area (Å²) < 4.78 is 7.28. The monoisotopic (exact) mass is 216 g/mol. The van der Waals surface area contributed by atoms with Crippen molar-refractivity contribution in [3.8, 4) is 11.4 Å². The fourth-order valence-corrected chi connectivity index (χ4v) is 1.76. The van der Waals surface area contributed by atoms with Crippen LogP contribution in [0.25, 0.3) is 5.69 Å². The van der Waals surface area contributed by atoms with Crippen molar-refractivity contribution in [1.82, 2.24) is 4.57 Å². The van der Waals surface area contributed by atoms with E-state index in [1.165, 1.54) is 5.69 Å². The van der Waals surface area contributed by atoms with Crippen LogP contribution in [0.15, 0.2) is 42.6 Å². The number of nitrogens with two attached hydrogens (primary N) is 1. The van der Waals surface area contributed by atoms with Gasteiger partial charge in [0.15, 0.2) is 0 Å². The number of methoxy groups -OCH3 is 1. The zero-order chi connectivity index (χ0) is 11.4. The van der Waals surface area contributed by atoms with Gasteiger partial charge in [-0.1, -0.05) is 0 Å². The summed E-state index contributed by atoms with van der Waals surface area (Å²) in [5.41, 5.74) is 7.94. The Kier molecular flexibility index (Phi) is 3.27. The molecule has 0 fully saturated rings. The molecule has 1 aromatic carbocycles. The van der Waals surface area contributed by atoms with Crippen molar-refractivity contribution in [2.24, 2.45) is 5.73 Å². The van der Waals surface area contributed by atoms with E-state index >= 15 is 0 Å². The first kappa shape index (κ1) is 10.8. The van der Waals surface area contributed by atoms with Gasteiger partial charge in [-0.05, 0) is 42.9 Å². The normalized spacial score (nSPS) is 10.4. The highest BCUT2D eigenvalue weighted by molar-refractivity contribution is 5.39. The van der Waals surface area contributed by atoms with Crippen molar-refractivity contribution < 1.29 is 4.74 Å². The summed E-state index contributed by atoms with van der Waals surface area (Å²) in [6.07, 6.45) is 2.94. The molecule has 2 aromatic rings. The maximum absolute atomic E-state index is 5.58. The van der Waals surface area contributed by atoms with E-state index in [-0.39, 0.29) is 0 Å². The number of aromatic nitrogens is 1. The molecule has 1 heterocycles. The fourth-order valence-electron chi connectivity index (χ4n) is 1.76. The lowest BCUT2D eigenvalue weighted by molar-refractivity contribution is 0.414. The average Bonchev–Trinajstić information content (AvgIpc) is 2.78. The number of benzene rings is 1. The predicted octanol–water partition coefficient (Wildman–Crippen LogP) is 1.99. The van der Waals surface area contributed by atoms with E-state index < -0.39 is 0 Å². The Morgan fingerprint density at radius 2 is 1.94 bits per heavy atom. The summed E-state index contributed by atoms with van der Waals surface area (Å²) in [4.78, 5) is 0. The third-order valence-corrected chi connectivity index (χ3v) is 2.58. The van der Waals surface area contributed by atoms with E-state index in [4.69, 9.17) is 10.5 Å². The number of hydrogen-bond donors (Lipinski definition) is 1. The van der Waals surface area contributed by atoms with Gasteiger partial charge >= 0.3 is 0 Å². The first-order valence-corrected chi connectivity index (χ1v) is 5.36. The number of ether oxygens (including phenoxy) is 1. The van der Waals surface area contributed by atoms with Crippen molar-refractivity contribution in [3.63, 3.8) is 0 Å². The third-order valence-electron chi connectivity index (χ3n) is 2.58. The minimum atomic E-state index is 0.667. The molecule has 2 rings (SSSR count). The largest absolute Gasteiger partial charge is 0.497 e. The Hall–Kier alpha value is -1.74. The molecule has 0 bridgehead atoms. The third kappa shape index (κ3) is 2.09. The lowest BCUT2D eigenvalue weighted by atomic mass is 10.2. The van der Waals surface area contributed by atoms with E-state index in [0.29, 0.717) is 6.54 Å². The molecule has 0 amide bonds. The van der Waals surface area contributed by atoms with Crippen LogP contribution in [-0.2, 0) is 6.42 Å². The van der Waals surface area contributed by atoms with Gasteiger partial charge in [0, 0.05) is 24.0 Å². The molecular formula is C13H16N2O. The Bertz CT molecular complexity index is 445. The van der Waals surface area contributed by atoms with Gasteiger partial charge in [-0.3, -0.25) is 0 Å². The topological polar surface area (TPSA) is 40.2 Å². The molecule has 3 nitrogen and oxygen atoms in total. The maximum atomic E-state index is 5.58. The minimum absolute atomic E-state index is 0.667. The summed E-state index contributed by atoms with van der Waals surface area (Å²) >= 11 is 0. The van der Waals surface area contributed by atoms with Crippen LogP contribution in [0.2, 0.25) is 0 Å². The van der Waals surface area contributed by atoms with E-state index in [1.54, 1.807) is 7.11 Å². The first-order chi connectivity index (χ1) is 7.85. The first-order valence-electron chi connectivity index (χ1n) is 5.36. The maximum Gasteiger partial charge on any atom is 0.119 e. The van der Waals surface area contributed by atoms with Crippen molar-refractivity contribution in [1.29, 1.82) is 0 Å². The summed E-state index contributed by atoms with van der Waals surface area (Å²) in [5.74, 6) is 0.872. The molecule has 0 aliphatic rings. The quantitative estimate of drug-likeness (QED) is 0.849. The molecular weight excluding hydrogens is 200 g/mol. The van der Waals surface area contributed by atoms with Crippen molar-refractivity contribution >= 4 is 0 Å². The standard InChI is InChI=1S/C13H16N2O/c1-16-13-6-4-12(5-7-13)15-10-2-3-11(15)8-9-14/h2-7,10H,8-9,14H2,1H3. The van der Waals surface area contributed by atoms with Crippen LogP contribution < -0.4 is 10.5 Å². The summed E-state index contributed by atoms with van der Waals surface area (Å²) in [5, 5.41) is 0. The highest BCUT2D eigenvalue weighted by Gasteiger charge is 2.02. The lowest BCUT2D eigenvalue weighted by Crippen LogP contribution is -2.07. The second-order valence-corrected chi connectivity index (χ2v) is 3.61. The van der Waals surface area contributed by atoms with Gasteiger partial charge in [0.1, 0.15) is 5.75 Å². The van der Waals surface area contributed by atoms with Crippen LogP contribution >= 0.6 is 0 Å². The molecule has 16 heavy (non-hydrogen) atoms. The highest BCUT2D eigenvalue weighted by Crippen LogP contribution is 2.17. The number of hydrogen-bond acceptors (Lipinski definition) is 2. The predicted molar refractivity (Wildman–Crippen MR) is 65.1 cm³/mol. The zero-order valence-corrected chi connectivity index (χ0v) is 9.39. The smallest absolute Gasteiger partial charge is 0.119 e. The van der Waals surface area contributed by atoms with Crippen LogP contribution in [0.5, 0.6) is 5.75 Å². The molecule has 0 aliphatic heterocycles. The molecule has 0 saturated carbocycles. The Morgan fingerprint density at radius 1 is 1.19 bits per heavy atom. The average molecular weight is 216 g/mol. The Morgan fingerprint density at radius 3 is 2.56 bits per heavy atom. The van der Waals surface area contributed by atoms with Gasteiger partial charge in [-0.25, -0.2) is 0 Å². The van der Waals surface area contributed by atoms with Crippen molar-refractivity contribution in [3.05, 3.63) is 48.3 Å². The van der Waals surface area contributed by atoms with Crippen LogP contribution in [0.1, 0.15) is 5.69 Å². The molecule has 0 spiro atoms. The van der Waals surface area contributed by atoms with Gasteiger partial charge in [0.05, 0.1) is 7.11 Å². The van der Waals surface area contributed by atoms with E-state index in [1.807, 2.05) is 36.5 Å². The van der Waals surface area contributed by atoms with Gasteiger partial charge in [-0.2, -0.15) is 0 Å². The summed E-state index contributed by atoms with van der Waals surface area (Å²) in [6.45, 7) is 0.667. The number of nitrogens with zero attached hydrogens (tertiary/aromatic N) is 1. The fraction of sp³-hybridized carbons (Fsp3) is 0.231. The van der Waals surface area contributed by atoms with E-state index in [0.717, 1.165) is 17.9 Å². The Balaban J connectivity index is 2.31. The molecule has 0 atom stereocenters. The molecule has 0 unspecified atom stereocenters. The van der Waals surface area contributed by atoms with Gasteiger partial charge in [-0.15, -0.1) is 0 Å². The molecule has 0 saturated heterocycles. The molecule has 2 N–H and O–H groups in total. The molecule has 0 aliphatic carbocycles. The molecule has 0 radical (unpaired) electrons. The Labute approximate surface area is 95.5 Å². The van der Waals surface area contributed by atoms with Gasteiger partial charge in [0.2, 0.25) is 0 Å². The molecule has 3 heteroatoms. The second kappa shape index (κ2) is 4.86. The van der Waals surface area contributed by atoms with Gasteiger partial charge < -0.3 is 15.0 Å². The van der Waals surface area contributed by atoms with Crippen LogP contribution in [0.4, 0.5) is 0 Å². The minimum Gasteiger partial charge on any atom is -0.497 e. The second-order valence-electron chi connectivity index (χ2n) is 3.61. The SMILES string of the molecule is COc1ccc(-n2cccc2CCN)cc1. The molecule has 1 aromatic heterocycles. The zero-order valence-electron chi connectivity index (χ0n) is 9.39. The van der Waals surface area contributed by atoms with E-state index in [2.05, 4.69) is 10.6 Å². The van der Waals surface area contributed by atoms with Crippen LogP contribution in [0.3, 0.4) is 0 Å². The van der Waals surface area contributed by atoms with Gasteiger partial charge in [0.25, 0.3) is 0 Å². The lowest BCUT2D eigenvalue weighted by Gasteiger charge is -2.09. The van der Waals surface area contributed by atoms with Crippen LogP contribution in [-0.4, -0.2) is 18.2 Å². The summed E-state index contributed by atoms with van der Waals surface area (Å²) in [7, 11) is 1.67.